The fourth-order valence-corrected chi connectivity index (χ4v) is 3.67. The zero-order chi connectivity index (χ0) is 19.9. The third-order valence-electron chi connectivity index (χ3n) is 4.38. The van der Waals surface area contributed by atoms with E-state index in [2.05, 4.69) is 19.0 Å². The smallest absolute Gasteiger partial charge is 0.335 e. The summed E-state index contributed by atoms with van der Waals surface area (Å²) in [4.78, 5) is 10.9. The van der Waals surface area contributed by atoms with Crippen molar-refractivity contribution in [3.05, 3.63) is 65.0 Å². The van der Waals surface area contributed by atoms with Crippen molar-refractivity contribution in [1.82, 2.24) is 0 Å². The van der Waals surface area contributed by atoms with Crippen molar-refractivity contribution in [3.8, 4) is 0 Å². The lowest BCUT2D eigenvalue weighted by Crippen LogP contribution is -2.13. The molecule has 1 aromatic rings. The van der Waals surface area contributed by atoms with Gasteiger partial charge in [-0.1, -0.05) is 43.3 Å². The number of oxime groups is 1. The largest absolute Gasteiger partial charge is 0.478 e. The van der Waals surface area contributed by atoms with E-state index in [4.69, 9.17) is 5.11 Å². The van der Waals surface area contributed by atoms with E-state index in [1.165, 1.54) is 24.3 Å². The van der Waals surface area contributed by atoms with Crippen LogP contribution in [0.25, 0.3) is 6.08 Å². The van der Waals surface area contributed by atoms with Crippen molar-refractivity contribution in [3.63, 3.8) is 0 Å². The Hall–Kier alpha value is -2.34. The number of nitrogens with zero attached hydrogens (tertiary/aromatic N) is 1. The van der Waals surface area contributed by atoms with Crippen molar-refractivity contribution in [1.29, 1.82) is 0 Å². The van der Waals surface area contributed by atoms with Gasteiger partial charge in [-0.25, -0.2) is 9.18 Å². The maximum Gasteiger partial charge on any atom is 0.335 e. The van der Waals surface area contributed by atoms with Crippen LogP contribution >= 0.6 is 11.8 Å². The first-order valence-electron chi connectivity index (χ1n) is 8.70. The zero-order valence-electron chi connectivity index (χ0n) is 15.5. The van der Waals surface area contributed by atoms with Gasteiger partial charge in [0.15, 0.2) is 0 Å². The molecule has 0 bridgehead atoms. The minimum absolute atomic E-state index is 0.113. The van der Waals surface area contributed by atoms with Crippen molar-refractivity contribution in [2.24, 2.45) is 10.6 Å². The van der Waals surface area contributed by atoms with Gasteiger partial charge in [0.1, 0.15) is 11.5 Å². The number of carbonyl (C=O) groups is 1. The minimum Gasteiger partial charge on any atom is -0.478 e. The van der Waals surface area contributed by atoms with Crippen LogP contribution in [0.2, 0.25) is 0 Å². The highest BCUT2D eigenvalue weighted by molar-refractivity contribution is 7.99. The van der Waals surface area contributed by atoms with Crippen LogP contribution in [0, 0.1) is 11.2 Å². The Bertz CT molecular complexity index is 810. The van der Waals surface area contributed by atoms with Gasteiger partial charge in [0, 0.05) is 11.3 Å². The highest BCUT2D eigenvalue weighted by atomic mass is 32.2. The van der Waals surface area contributed by atoms with Crippen LogP contribution in [0.3, 0.4) is 0 Å². The fourth-order valence-electron chi connectivity index (χ4n) is 2.57. The second-order valence-corrected chi connectivity index (χ2v) is 8.26. The predicted molar refractivity (Wildman–Crippen MR) is 109 cm³/mol. The summed E-state index contributed by atoms with van der Waals surface area (Å²) >= 11 is 1.86. The summed E-state index contributed by atoms with van der Waals surface area (Å²) in [5.41, 5.74) is 1.35. The van der Waals surface area contributed by atoms with Gasteiger partial charge in [-0.15, -0.1) is 0 Å². The van der Waals surface area contributed by atoms with E-state index in [-0.39, 0.29) is 16.5 Å². The van der Waals surface area contributed by atoms with Crippen LogP contribution in [-0.4, -0.2) is 33.5 Å². The van der Waals surface area contributed by atoms with Gasteiger partial charge in [0.2, 0.25) is 0 Å². The first-order valence-corrected chi connectivity index (χ1v) is 9.86. The maximum atomic E-state index is 14.1. The summed E-state index contributed by atoms with van der Waals surface area (Å²) in [5.74, 6) is 0.157. The molecule has 0 unspecified atom stereocenters. The van der Waals surface area contributed by atoms with E-state index < -0.39 is 11.8 Å². The molecule has 2 N–H and O–H groups in total. The van der Waals surface area contributed by atoms with Crippen molar-refractivity contribution in [2.45, 2.75) is 26.7 Å². The number of hydrogen-bond acceptors (Lipinski definition) is 4. The van der Waals surface area contributed by atoms with Gasteiger partial charge >= 0.3 is 5.97 Å². The van der Waals surface area contributed by atoms with Gasteiger partial charge < -0.3 is 10.3 Å². The second-order valence-electron chi connectivity index (χ2n) is 7.12. The van der Waals surface area contributed by atoms with Crippen LogP contribution in [-0.2, 0) is 0 Å². The molecular formula is C21H24FNO3S. The molecule has 0 saturated heterocycles. The maximum absolute atomic E-state index is 14.1. The number of benzene rings is 1. The van der Waals surface area contributed by atoms with Crippen molar-refractivity contribution >= 4 is 29.5 Å². The third-order valence-corrected chi connectivity index (χ3v) is 5.30. The summed E-state index contributed by atoms with van der Waals surface area (Å²) in [6, 6.07) is 3.70. The molecule has 0 fully saturated rings. The normalized spacial score (nSPS) is 21.4. The zero-order valence-corrected chi connectivity index (χ0v) is 16.3. The van der Waals surface area contributed by atoms with E-state index in [9.17, 15) is 14.4 Å². The lowest BCUT2D eigenvalue weighted by molar-refractivity contribution is 0.0696. The third kappa shape index (κ3) is 6.40. The standard InChI is InChI=1S/C21H24FNO3S/c1-21(2)10-9-16(4-3-12-27-13-11-21)19(23-26)8-7-15-5-6-17(20(24)25)14-18(15)22/h3-9,14,26H,10-13H2,1-2H3,(H,24,25)/b4-3-,8-7+,16-9+,23-19+. The number of allylic oxidation sites excluding steroid dienone is 4. The van der Waals surface area contributed by atoms with Gasteiger partial charge in [0.25, 0.3) is 0 Å². The van der Waals surface area contributed by atoms with E-state index >= 15 is 0 Å². The first-order chi connectivity index (χ1) is 12.8. The average molecular weight is 389 g/mol. The Kier molecular flexibility index (Phi) is 7.42. The minimum atomic E-state index is -1.18. The van der Waals surface area contributed by atoms with Gasteiger partial charge in [-0.05, 0) is 53.9 Å². The molecule has 0 spiro atoms. The Balaban J connectivity index is 2.26. The number of hydrogen-bond donors (Lipinski definition) is 2. The van der Waals surface area contributed by atoms with Gasteiger partial charge in [0.05, 0.1) is 5.56 Å². The molecule has 27 heavy (non-hydrogen) atoms. The lowest BCUT2D eigenvalue weighted by atomic mass is 9.85. The molecular weight excluding hydrogens is 365 g/mol. The fraction of sp³-hybridized carbons (Fsp3) is 0.333. The molecule has 1 aromatic carbocycles. The number of thioether (sulfide) groups is 1. The number of carboxylic acids is 1. The molecule has 1 heterocycles. The topological polar surface area (TPSA) is 69.9 Å². The SMILES string of the molecule is CC1(C)C/C=C(C(/C=C/c2ccc(C(=O)O)cc2F)=N/O)\C=C/CSCC1. The molecule has 0 aromatic heterocycles. The summed E-state index contributed by atoms with van der Waals surface area (Å²) in [7, 11) is 0. The number of halogens is 1. The highest BCUT2D eigenvalue weighted by Crippen LogP contribution is 2.29. The Morgan fingerprint density at radius 3 is 2.81 bits per heavy atom. The summed E-state index contributed by atoms with van der Waals surface area (Å²) in [6.07, 6.45) is 10.9. The quantitative estimate of drug-likeness (QED) is 0.411. The van der Waals surface area contributed by atoms with Gasteiger partial charge in [-0.2, -0.15) is 11.8 Å². The molecule has 2 rings (SSSR count). The molecule has 1 aliphatic rings. The lowest BCUT2D eigenvalue weighted by Gasteiger charge is -2.23. The summed E-state index contributed by atoms with van der Waals surface area (Å²) in [6.45, 7) is 4.41. The molecule has 144 valence electrons. The number of rotatable bonds is 4. The summed E-state index contributed by atoms with van der Waals surface area (Å²) < 4.78 is 14.1. The second kappa shape index (κ2) is 9.55. The molecule has 0 amide bonds. The molecule has 6 heteroatoms. The molecule has 4 nitrogen and oxygen atoms in total. The first kappa shape index (κ1) is 21.0. The average Bonchev–Trinajstić information content (AvgIpc) is 2.62. The van der Waals surface area contributed by atoms with E-state index in [1.54, 1.807) is 0 Å². The van der Waals surface area contributed by atoms with Crippen LogP contribution in [0.1, 0.15) is 42.6 Å². The molecule has 0 radical (unpaired) electrons. The highest BCUT2D eigenvalue weighted by Gasteiger charge is 2.17. The number of carboxylic acid groups (broad SMARTS) is 1. The van der Waals surface area contributed by atoms with Crippen LogP contribution in [0.5, 0.6) is 0 Å². The molecule has 1 aliphatic heterocycles. The van der Waals surface area contributed by atoms with E-state index in [1.807, 2.05) is 30.0 Å². The van der Waals surface area contributed by atoms with E-state index in [0.717, 1.165) is 36.0 Å². The Morgan fingerprint density at radius 2 is 2.15 bits per heavy atom. The predicted octanol–water partition coefficient (Wildman–Crippen LogP) is 5.40. The van der Waals surface area contributed by atoms with Crippen LogP contribution in [0.4, 0.5) is 4.39 Å². The van der Waals surface area contributed by atoms with Crippen molar-refractivity contribution < 1.29 is 19.5 Å². The Labute approximate surface area is 163 Å². The summed E-state index contributed by atoms with van der Waals surface area (Å²) in [5, 5.41) is 21.7. The number of aromatic carboxylic acids is 1. The molecule has 0 aliphatic carbocycles. The van der Waals surface area contributed by atoms with Crippen LogP contribution < -0.4 is 0 Å². The van der Waals surface area contributed by atoms with Crippen molar-refractivity contribution in [2.75, 3.05) is 11.5 Å². The molecule has 0 saturated carbocycles. The monoisotopic (exact) mass is 389 g/mol. The van der Waals surface area contributed by atoms with Gasteiger partial charge in [-0.3, -0.25) is 0 Å². The van der Waals surface area contributed by atoms with Crippen LogP contribution in [0.15, 0.2) is 53.2 Å². The molecule has 0 atom stereocenters. The Morgan fingerprint density at radius 1 is 1.37 bits per heavy atom. The van der Waals surface area contributed by atoms with E-state index in [0.29, 0.717) is 5.71 Å².